The van der Waals surface area contributed by atoms with Crippen LogP contribution in [0.15, 0.2) is 23.8 Å². The Morgan fingerprint density at radius 3 is 1.20 bits per heavy atom. The fourth-order valence-corrected chi connectivity index (χ4v) is 1.01. The molecular weight excluding hydrogens is 264 g/mol. The third kappa shape index (κ3) is 7.34. The first kappa shape index (κ1) is 17.9. The summed E-state index contributed by atoms with van der Waals surface area (Å²) < 4.78 is 0. The molecule has 0 aliphatic heterocycles. The van der Waals surface area contributed by atoms with Crippen LogP contribution in [0.5, 0.6) is 0 Å². The summed E-state index contributed by atoms with van der Waals surface area (Å²) in [6.07, 6.45) is 2.11. The molecule has 0 aliphatic rings. The molecule has 0 aromatic carbocycles. The zero-order valence-electron chi connectivity index (χ0n) is 12.7. The molecule has 0 saturated carbocycles. The van der Waals surface area contributed by atoms with Gasteiger partial charge >= 0.3 is 11.4 Å². The Morgan fingerprint density at radius 2 is 1.05 bits per heavy atom. The van der Waals surface area contributed by atoms with Crippen molar-refractivity contribution in [3.8, 4) is 0 Å². The predicted octanol–water partition coefficient (Wildman–Crippen LogP) is 2.00. The first-order chi connectivity index (χ1) is 8.83. The van der Waals surface area contributed by atoms with Crippen LogP contribution in [0.25, 0.3) is 0 Å². The van der Waals surface area contributed by atoms with Gasteiger partial charge in [-0.25, -0.2) is 0 Å². The van der Waals surface area contributed by atoms with Crippen molar-refractivity contribution in [3.63, 3.8) is 0 Å². The van der Waals surface area contributed by atoms with Gasteiger partial charge in [-0.05, 0) is 41.5 Å². The maximum Gasteiger partial charge on any atom is 0.363 e. The Kier molecular flexibility index (Phi) is 5.68. The molecule has 0 fully saturated rings. The zero-order chi connectivity index (χ0) is 16.1. The van der Waals surface area contributed by atoms with Crippen LogP contribution in [0.1, 0.15) is 41.5 Å². The van der Waals surface area contributed by atoms with Gasteiger partial charge in [0.1, 0.15) is 0 Å². The van der Waals surface area contributed by atoms with Crippen LogP contribution in [0, 0.1) is 20.2 Å². The molecule has 0 bridgehead atoms. The number of rotatable bonds is 5. The van der Waals surface area contributed by atoms with Crippen molar-refractivity contribution in [2.45, 2.75) is 52.6 Å². The van der Waals surface area contributed by atoms with Gasteiger partial charge in [0, 0.05) is 11.1 Å². The van der Waals surface area contributed by atoms with Crippen LogP contribution in [0.4, 0.5) is 0 Å². The summed E-state index contributed by atoms with van der Waals surface area (Å²) in [4.78, 5) is 20.5. The van der Waals surface area contributed by atoms with Crippen LogP contribution in [-0.4, -0.2) is 20.9 Å². The fourth-order valence-electron chi connectivity index (χ4n) is 1.01. The minimum Gasteiger partial charge on any atom is -0.381 e. The number of nitrogens with zero attached hydrogens (tertiary/aromatic N) is 2. The number of hydrogen-bond acceptors (Lipinski definition) is 6. The smallest absolute Gasteiger partial charge is 0.363 e. The van der Waals surface area contributed by atoms with Gasteiger partial charge in [0.15, 0.2) is 0 Å². The SMILES string of the molecule is CC(C)(C)N/C=C(\C(=C/NC(C)(C)C)[N+](=O)[O-])[N+](=O)[O-]. The number of nitro groups is 2. The molecule has 0 amide bonds. The van der Waals surface area contributed by atoms with E-state index in [1.807, 2.05) is 0 Å². The second-order valence-electron chi connectivity index (χ2n) is 6.36. The van der Waals surface area contributed by atoms with Crippen molar-refractivity contribution in [2.75, 3.05) is 0 Å². The van der Waals surface area contributed by atoms with E-state index in [-0.39, 0.29) is 0 Å². The lowest BCUT2D eigenvalue weighted by Gasteiger charge is -2.19. The van der Waals surface area contributed by atoms with Crippen LogP contribution in [0.2, 0.25) is 0 Å². The molecule has 2 N–H and O–H groups in total. The minimum atomic E-state index is -0.780. The summed E-state index contributed by atoms with van der Waals surface area (Å²) in [7, 11) is 0. The van der Waals surface area contributed by atoms with Crippen LogP contribution >= 0.6 is 0 Å². The third-order valence-electron chi connectivity index (χ3n) is 1.94. The van der Waals surface area contributed by atoms with Crippen molar-refractivity contribution in [1.29, 1.82) is 0 Å². The molecular formula is C12H22N4O4. The van der Waals surface area contributed by atoms with Crippen molar-refractivity contribution >= 4 is 0 Å². The van der Waals surface area contributed by atoms with E-state index in [0.717, 1.165) is 12.4 Å². The Labute approximate surface area is 118 Å². The Morgan fingerprint density at radius 1 is 0.800 bits per heavy atom. The van der Waals surface area contributed by atoms with Gasteiger partial charge in [-0.15, -0.1) is 0 Å². The second-order valence-corrected chi connectivity index (χ2v) is 6.36. The molecule has 0 spiro atoms. The van der Waals surface area contributed by atoms with Gasteiger partial charge in [0.05, 0.1) is 22.2 Å². The lowest BCUT2D eigenvalue weighted by Crippen LogP contribution is -2.34. The lowest BCUT2D eigenvalue weighted by molar-refractivity contribution is -0.480. The molecule has 0 saturated heterocycles. The quantitative estimate of drug-likeness (QED) is 0.454. The Hall–Kier alpha value is -2.12. The largest absolute Gasteiger partial charge is 0.381 e. The average molecular weight is 286 g/mol. The van der Waals surface area contributed by atoms with Crippen molar-refractivity contribution in [1.82, 2.24) is 10.6 Å². The van der Waals surface area contributed by atoms with E-state index in [9.17, 15) is 20.2 Å². The van der Waals surface area contributed by atoms with Crippen molar-refractivity contribution < 1.29 is 9.85 Å². The lowest BCUT2D eigenvalue weighted by atomic mass is 10.1. The van der Waals surface area contributed by atoms with Gasteiger partial charge in [-0.3, -0.25) is 20.2 Å². The maximum atomic E-state index is 11.0. The highest BCUT2D eigenvalue weighted by Crippen LogP contribution is 2.12. The fraction of sp³-hybridized carbons (Fsp3) is 0.667. The highest BCUT2D eigenvalue weighted by atomic mass is 16.6. The van der Waals surface area contributed by atoms with E-state index in [1.165, 1.54) is 0 Å². The molecule has 0 aliphatic carbocycles. The molecule has 0 rings (SSSR count). The molecule has 8 heteroatoms. The molecule has 0 unspecified atom stereocenters. The summed E-state index contributed by atoms with van der Waals surface area (Å²) in [5.74, 6) is 0. The zero-order valence-corrected chi connectivity index (χ0v) is 12.7. The number of hydrogen-bond donors (Lipinski definition) is 2. The van der Waals surface area contributed by atoms with E-state index in [1.54, 1.807) is 41.5 Å². The van der Waals surface area contributed by atoms with Gasteiger partial charge < -0.3 is 10.6 Å². The normalized spacial score (nSPS) is 13.9. The summed E-state index contributed by atoms with van der Waals surface area (Å²) in [5.41, 5.74) is -2.05. The monoisotopic (exact) mass is 286 g/mol. The summed E-state index contributed by atoms with van der Waals surface area (Å²) >= 11 is 0. The summed E-state index contributed by atoms with van der Waals surface area (Å²) in [6.45, 7) is 10.8. The predicted molar refractivity (Wildman–Crippen MR) is 75.9 cm³/mol. The van der Waals surface area contributed by atoms with Crippen molar-refractivity contribution in [3.05, 3.63) is 44.0 Å². The van der Waals surface area contributed by atoms with E-state index in [0.29, 0.717) is 0 Å². The molecule has 8 nitrogen and oxygen atoms in total. The second kappa shape index (κ2) is 6.36. The minimum absolute atomic E-state index is 0.430. The first-order valence-corrected chi connectivity index (χ1v) is 6.08. The highest BCUT2D eigenvalue weighted by Gasteiger charge is 2.30. The molecule has 0 radical (unpaired) electrons. The van der Waals surface area contributed by atoms with E-state index >= 15 is 0 Å². The average Bonchev–Trinajstić information content (AvgIpc) is 2.18. The highest BCUT2D eigenvalue weighted by molar-refractivity contribution is 5.18. The van der Waals surface area contributed by atoms with Crippen LogP contribution in [0.3, 0.4) is 0 Å². The first-order valence-electron chi connectivity index (χ1n) is 6.08. The molecule has 0 aromatic heterocycles. The Bertz CT molecular complexity index is 399. The van der Waals surface area contributed by atoms with Crippen LogP contribution in [-0.2, 0) is 0 Å². The summed E-state index contributed by atoms with van der Waals surface area (Å²) in [5, 5.41) is 27.5. The van der Waals surface area contributed by atoms with Gasteiger partial charge in [-0.2, -0.15) is 0 Å². The van der Waals surface area contributed by atoms with Crippen LogP contribution < -0.4 is 10.6 Å². The van der Waals surface area contributed by atoms with E-state index in [2.05, 4.69) is 10.6 Å². The van der Waals surface area contributed by atoms with E-state index < -0.39 is 32.3 Å². The molecule has 0 atom stereocenters. The van der Waals surface area contributed by atoms with Gasteiger partial charge in [0.25, 0.3) is 0 Å². The third-order valence-corrected chi connectivity index (χ3v) is 1.94. The molecule has 20 heavy (non-hydrogen) atoms. The Balaban J connectivity index is 5.49. The standard InChI is InChI=1S/C12H22N4O4/c1-11(2,3)13-7-9(15(17)18)10(16(19)20)8-14-12(4,5)6/h7-8,13-14H,1-6H3/b9-7+,10-8+. The molecule has 114 valence electrons. The summed E-state index contributed by atoms with van der Waals surface area (Å²) in [6, 6.07) is 0. The number of nitrogens with one attached hydrogen (secondary N) is 2. The topological polar surface area (TPSA) is 110 Å². The van der Waals surface area contributed by atoms with Gasteiger partial charge in [-0.1, -0.05) is 0 Å². The maximum absolute atomic E-state index is 11.0. The molecule has 0 heterocycles. The van der Waals surface area contributed by atoms with E-state index in [4.69, 9.17) is 0 Å². The van der Waals surface area contributed by atoms with Crippen molar-refractivity contribution in [2.24, 2.45) is 0 Å². The molecule has 0 aromatic rings. The van der Waals surface area contributed by atoms with Gasteiger partial charge in [0.2, 0.25) is 0 Å².